The van der Waals surface area contributed by atoms with Crippen molar-refractivity contribution in [3.63, 3.8) is 0 Å². The van der Waals surface area contributed by atoms with Crippen LogP contribution in [0.3, 0.4) is 0 Å². The fraction of sp³-hybridized carbons (Fsp3) is 0.267. The normalized spacial score (nSPS) is 11.5. The molecule has 1 aromatic carbocycles. The second-order valence-electron chi connectivity index (χ2n) is 5.06. The Morgan fingerprint density at radius 3 is 2.45 bits per heavy atom. The fourth-order valence-corrected chi connectivity index (χ4v) is 2.14. The molecular formula is C15H15F4N3. The second kappa shape index (κ2) is 5.82. The lowest BCUT2D eigenvalue weighted by atomic mass is 10.0. The highest BCUT2D eigenvalue weighted by Crippen LogP contribution is 2.28. The highest BCUT2D eigenvalue weighted by molar-refractivity contribution is 5.70. The van der Waals surface area contributed by atoms with E-state index in [4.69, 9.17) is 5.73 Å². The van der Waals surface area contributed by atoms with Gasteiger partial charge in [-0.25, -0.2) is 9.37 Å². The summed E-state index contributed by atoms with van der Waals surface area (Å²) in [5, 5.41) is 0. The van der Waals surface area contributed by atoms with Gasteiger partial charge in [-0.05, 0) is 42.3 Å². The molecule has 118 valence electrons. The Labute approximate surface area is 125 Å². The zero-order valence-electron chi connectivity index (χ0n) is 12.1. The first kappa shape index (κ1) is 16.1. The van der Waals surface area contributed by atoms with Gasteiger partial charge in [-0.3, -0.25) is 0 Å². The summed E-state index contributed by atoms with van der Waals surface area (Å²) in [5.74, 6) is -0.353. The minimum absolute atomic E-state index is 0.0516. The molecular weight excluding hydrogens is 298 g/mol. The average molecular weight is 313 g/mol. The van der Waals surface area contributed by atoms with Gasteiger partial charge in [0.2, 0.25) is 0 Å². The van der Waals surface area contributed by atoms with Gasteiger partial charge in [0.25, 0.3) is 0 Å². The largest absolute Gasteiger partial charge is 0.405 e. The lowest BCUT2D eigenvalue weighted by Gasteiger charge is -2.20. The lowest BCUT2D eigenvalue weighted by Crippen LogP contribution is -2.31. The number of alkyl halides is 3. The molecule has 0 bridgehead atoms. The number of anilines is 2. The summed E-state index contributed by atoms with van der Waals surface area (Å²) in [6.45, 7) is 0.684. The van der Waals surface area contributed by atoms with Crippen LogP contribution in [0.4, 0.5) is 29.1 Å². The standard InChI is InChI=1S/C15H15F4N3/c1-9-5-13(20)12(16)6-11(9)10-3-4-14(21-7-10)22(2)8-15(17,18)19/h3-7H,8,20H2,1-2H3. The molecule has 1 aromatic heterocycles. The molecule has 0 radical (unpaired) electrons. The molecule has 22 heavy (non-hydrogen) atoms. The predicted molar refractivity (Wildman–Crippen MR) is 78.1 cm³/mol. The number of aromatic nitrogens is 1. The first-order chi connectivity index (χ1) is 10.2. The van der Waals surface area contributed by atoms with Crippen LogP contribution in [0.1, 0.15) is 5.56 Å². The first-order valence-corrected chi connectivity index (χ1v) is 6.47. The molecule has 1 heterocycles. The zero-order valence-corrected chi connectivity index (χ0v) is 12.1. The van der Waals surface area contributed by atoms with Crippen molar-refractivity contribution in [2.45, 2.75) is 13.1 Å². The molecule has 0 unspecified atom stereocenters. The van der Waals surface area contributed by atoms with Crippen molar-refractivity contribution < 1.29 is 17.6 Å². The number of hydrogen-bond acceptors (Lipinski definition) is 3. The molecule has 0 spiro atoms. The highest BCUT2D eigenvalue weighted by atomic mass is 19.4. The van der Waals surface area contributed by atoms with E-state index in [1.54, 1.807) is 13.0 Å². The Balaban J connectivity index is 2.28. The van der Waals surface area contributed by atoms with Crippen LogP contribution in [0.2, 0.25) is 0 Å². The van der Waals surface area contributed by atoms with E-state index >= 15 is 0 Å². The fourth-order valence-electron chi connectivity index (χ4n) is 2.14. The monoisotopic (exact) mass is 313 g/mol. The van der Waals surface area contributed by atoms with E-state index < -0.39 is 18.5 Å². The summed E-state index contributed by atoms with van der Waals surface area (Å²) in [6.07, 6.45) is -2.88. The van der Waals surface area contributed by atoms with Gasteiger partial charge in [-0.2, -0.15) is 13.2 Å². The van der Waals surface area contributed by atoms with E-state index in [2.05, 4.69) is 4.98 Å². The quantitative estimate of drug-likeness (QED) is 0.693. The van der Waals surface area contributed by atoms with Crippen LogP contribution >= 0.6 is 0 Å². The van der Waals surface area contributed by atoms with Gasteiger partial charge in [-0.15, -0.1) is 0 Å². The molecule has 2 N–H and O–H groups in total. The molecule has 0 saturated heterocycles. The number of pyridine rings is 1. The van der Waals surface area contributed by atoms with Gasteiger partial charge in [-0.1, -0.05) is 0 Å². The number of nitrogens with zero attached hydrogens (tertiary/aromatic N) is 2. The molecule has 2 aromatic rings. The molecule has 2 rings (SSSR count). The van der Waals surface area contributed by atoms with Crippen LogP contribution in [0.25, 0.3) is 11.1 Å². The van der Waals surface area contributed by atoms with Crippen molar-refractivity contribution in [3.05, 3.63) is 41.8 Å². The second-order valence-corrected chi connectivity index (χ2v) is 5.06. The van der Waals surface area contributed by atoms with Crippen LogP contribution in [-0.2, 0) is 0 Å². The predicted octanol–water partition coefficient (Wildman–Crippen LogP) is 3.78. The zero-order chi connectivity index (χ0) is 16.5. The summed E-state index contributed by atoms with van der Waals surface area (Å²) < 4.78 is 50.6. The van der Waals surface area contributed by atoms with Crippen molar-refractivity contribution in [2.75, 3.05) is 24.2 Å². The summed E-state index contributed by atoms with van der Waals surface area (Å²) >= 11 is 0. The van der Waals surface area contributed by atoms with Crippen molar-refractivity contribution in [3.8, 4) is 11.1 Å². The molecule has 0 aliphatic heterocycles. The molecule has 3 nitrogen and oxygen atoms in total. The maximum atomic E-state index is 13.6. The van der Waals surface area contributed by atoms with E-state index in [0.29, 0.717) is 11.1 Å². The molecule has 0 amide bonds. The third-order valence-corrected chi connectivity index (χ3v) is 3.21. The Hall–Kier alpha value is -2.31. The number of halogens is 4. The van der Waals surface area contributed by atoms with E-state index in [9.17, 15) is 17.6 Å². The van der Waals surface area contributed by atoms with Crippen molar-refractivity contribution >= 4 is 11.5 Å². The molecule has 0 atom stereocenters. The van der Waals surface area contributed by atoms with Gasteiger partial charge in [0.05, 0.1) is 5.69 Å². The number of nitrogens with two attached hydrogens (primary N) is 1. The number of aryl methyl sites for hydroxylation is 1. The van der Waals surface area contributed by atoms with Crippen molar-refractivity contribution in [1.82, 2.24) is 4.98 Å². The minimum Gasteiger partial charge on any atom is -0.396 e. The van der Waals surface area contributed by atoms with Crippen LogP contribution in [0.15, 0.2) is 30.5 Å². The van der Waals surface area contributed by atoms with Crippen molar-refractivity contribution in [1.29, 1.82) is 0 Å². The van der Waals surface area contributed by atoms with Gasteiger partial charge in [0.1, 0.15) is 18.2 Å². The van der Waals surface area contributed by atoms with E-state index in [1.165, 1.54) is 31.4 Å². The van der Waals surface area contributed by atoms with E-state index in [1.807, 2.05) is 0 Å². The topological polar surface area (TPSA) is 42.1 Å². The number of benzene rings is 1. The summed E-state index contributed by atoms with van der Waals surface area (Å²) in [4.78, 5) is 5.00. The van der Waals surface area contributed by atoms with Gasteiger partial charge in [0, 0.05) is 18.8 Å². The molecule has 7 heteroatoms. The Kier molecular flexibility index (Phi) is 4.25. The minimum atomic E-state index is -4.30. The van der Waals surface area contributed by atoms with Gasteiger partial charge < -0.3 is 10.6 Å². The number of nitrogen functional groups attached to an aromatic ring is 1. The Bertz CT molecular complexity index is 666. The van der Waals surface area contributed by atoms with Crippen LogP contribution in [0.5, 0.6) is 0 Å². The SMILES string of the molecule is Cc1cc(N)c(F)cc1-c1ccc(N(C)CC(F)(F)F)nc1. The van der Waals surface area contributed by atoms with Gasteiger partial charge in [0.15, 0.2) is 0 Å². The molecule has 0 aliphatic rings. The van der Waals surface area contributed by atoms with E-state index in [0.717, 1.165) is 10.5 Å². The Morgan fingerprint density at radius 1 is 1.23 bits per heavy atom. The number of hydrogen-bond donors (Lipinski definition) is 1. The number of rotatable bonds is 3. The highest BCUT2D eigenvalue weighted by Gasteiger charge is 2.29. The molecule has 0 fully saturated rings. The van der Waals surface area contributed by atoms with Crippen molar-refractivity contribution in [2.24, 2.45) is 0 Å². The molecule has 0 saturated carbocycles. The molecule has 0 aliphatic carbocycles. The maximum Gasteiger partial charge on any atom is 0.405 e. The maximum absolute atomic E-state index is 13.6. The average Bonchev–Trinajstić information content (AvgIpc) is 2.41. The van der Waals surface area contributed by atoms with E-state index in [-0.39, 0.29) is 11.5 Å². The summed E-state index contributed by atoms with van der Waals surface area (Å²) in [6, 6.07) is 5.87. The van der Waals surface area contributed by atoms with Crippen LogP contribution in [0, 0.1) is 12.7 Å². The third kappa shape index (κ3) is 3.66. The van der Waals surface area contributed by atoms with Gasteiger partial charge >= 0.3 is 6.18 Å². The first-order valence-electron chi connectivity index (χ1n) is 6.47. The summed E-state index contributed by atoms with van der Waals surface area (Å²) in [5.41, 5.74) is 7.51. The van der Waals surface area contributed by atoms with Crippen LogP contribution in [-0.4, -0.2) is 24.8 Å². The summed E-state index contributed by atoms with van der Waals surface area (Å²) in [7, 11) is 1.31. The smallest absolute Gasteiger partial charge is 0.396 e. The lowest BCUT2D eigenvalue weighted by molar-refractivity contribution is -0.119. The van der Waals surface area contributed by atoms with Crippen LogP contribution < -0.4 is 10.6 Å². The third-order valence-electron chi connectivity index (χ3n) is 3.21. The Morgan fingerprint density at radius 2 is 1.91 bits per heavy atom.